The number of hydrogen-bond acceptors (Lipinski definition) is 6. The van der Waals surface area contributed by atoms with Crippen LogP contribution in [-0.4, -0.2) is 66.6 Å². The standard InChI is InChI=1S/C28H27N5O2.C2HF3O2/c1-35-20-7-9-24-22(15-20)28(27(34)30-24)16-23(28)18-4-8-21-25(14-18)31-32-26(21)17-2-5-19(6-3-17)33-12-10-29-11-13-33;3-2(4,5)1(6)7/h2-9,14-15,23,29H,10-13,16H2,1H3,(H,30,34)(H,31,32);(H,6,7). The zero-order chi connectivity index (χ0) is 29.6. The molecule has 3 aromatic carbocycles. The summed E-state index contributed by atoms with van der Waals surface area (Å²) in [6.07, 6.45) is -4.28. The Labute approximate surface area is 238 Å². The van der Waals surface area contributed by atoms with Crippen molar-refractivity contribution in [3.8, 4) is 17.0 Å². The molecule has 1 spiro atoms. The summed E-state index contributed by atoms with van der Waals surface area (Å²) in [7, 11) is 1.66. The number of alkyl halides is 3. The minimum absolute atomic E-state index is 0.0840. The highest BCUT2D eigenvalue weighted by molar-refractivity contribution is 6.10. The van der Waals surface area contributed by atoms with Crippen molar-refractivity contribution in [1.29, 1.82) is 0 Å². The third kappa shape index (κ3) is 4.81. The van der Waals surface area contributed by atoms with Gasteiger partial charge in [0, 0.05) is 54.4 Å². The maximum absolute atomic E-state index is 13.0. The number of carbonyl (C=O) groups excluding carboxylic acids is 1. The van der Waals surface area contributed by atoms with Crippen LogP contribution in [0.3, 0.4) is 0 Å². The molecule has 2 aliphatic heterocycles. The van der Waals surface area contributed by atoms with Crippen molar-refractivity contribution in [2.45, 2.75) is 23.9 Å². The molecule has 42 heavy (non-hydrogen) atoms. The molecule has 3 aliphatic rings. The van der Waals surface area contributed by atoms with Crippen LogP contribution in [0.5, 0.6) is 5.75 Å². The molecular weight excluding hydrogens is 551 g/mol. The number of rotatable bonds is 4. The number of benzene rings is 3. The number of carbonyl (C=O) groups is 2. The first kappa shape index (κ1) is 27.6. The van der Waals surface area contributed by atoms with Crippen LogP contribution < -0.4 is 20.3 Å². The fraction of sp³-hybridized carbons (Fsp3) is 0.300. The van der Waals surface area contributed by atoms with Gasteiger partial charge in [-0.25, -0.2) is 4.79 Å². The van der Waals surface area contributed by atoms with E-state index in [2.05, 4.69) is 68.2 Å². The van der Waals surface area contributed by atoms with Gasteiger partial charge in [0.15, 0.2) is 0 Å². The van der Waals surface area contributed by atoms with Crippen LogP contribution in [0.1, 0.15) is 23.5 Å². The summed E-state index contributed by atoms with van der Waals surface area (Å²) in [4.78, 5) is 24.3. The number of methoxy groups -OCH3 is 1. The molecule has 1 saturated heterocycles. The van der Waals surface area contributed by atoms with E-state index in [0.717, 1.165) is 77.3 Å². The second-order valence-electron chi connectivity index (χ2n) is 10.6. The molecule has 4 aromatic rings. The summed E-state index contributed by atoms with van der Waals surface area (Å²) in [5.74, 6) is -1.75. The van der Waals surface area contributed by atoms with Crippen LogP contribution in [0.4, 0.5) is 24.5 Å². The molecule has 2 atom stereocenters. The summed E-state index contributed by atoms with van der Waals surface area (Å²) < 4.78 is 37.2. The zero-order valence-corrected chi connectivity index (χ0v) is 22.6. The Morgan fingerprint density at radius 3 is 2.45 bits per heavy atom. The van der Waals surface area contributed by atoms with Gasteiger partial charge in [-0.2, -0.15) is 18.3 Å². The van der Waals surface area contributed by atoms with Crippen molar-refractivity contribution in [3.05, 3.63) is 71.8 Å². The van der Waals surface area contributed by atoms with Crippen molar-refractivity contribution >= 4 is 34.2 Å². The number of fused-ring (bicyclic) bond motifs is 3. The van der Waals surface area contributed by atoms with Crippen LogP contribution in [0.15, 0.2) is 60.7 Å². The number of hydrogen-bond donors (Lipinski definition) is 4. The molecule has 1 aromatic heterocycles. The normalized spacial score (nSPS) is 21.0. The van der Waals surface area contributed by atoms with E-state index >= 15 is 0 Å². The predicted octanol–water partition coefficient (Wildman–Crippen LogP) is 4.66. The van der Waals surface area contributed by atoms with Crippen LogP contribution in [-0.2, 0) is 15.0 Å². The molecule has 218 valence electrons. The Morgan fingerprint density at radius 1 is 1.07 bits per heavy atom. The number of anilines is 2. The molecule has 9 nitrogen and oxygen atoms in total. The van der Waals surface area contributed by atoms with Crippen molar-refractivity contribution in [2.24, 2.45) is 0 Å². The van der Waals surface area contributed by atoms with E-state index in [1.165, 1.54) is 5.69 Å². The number of nitrogens with one attached hydrogen (secondary N) is 3. The number of aromatic nitrogens is 2. The third-order valence-electron chi connectivity index (χ3n) is 8.18. The maximum atomic E-state index is 13.0. The third-order valence-corrected chi connectivity index (χ3v) is 8.18. The SMILES string of the molecule is COc1ccc2c(c1)C1(CC1c1ccc3c(-c4ccc(N5CCNCC5)cc4)n[nH]c3c1)C(=O)N2.O=C(O)C(F)(F)F. The van der Waals surface area contributed by atoms with Crippen molar-refractivity contribution in [2.75, 3.05) is 43.5 Å². The fourth-order valence-electron chi connectivity index (χ4n) is 5.93. The van der Waals surface area contributed by atoms with E-state index < -0.39 is 17.6 Å². The van der Waals surface area contributed by atoms with Crippen LogP contribution >= 0.6 is 0 Å². The Bertz CT molecular complexity index is 1660. The second-order valence-corrected chi connectivity index (χ2v) is 10.6. The highest BCUT2D eigenvalue weighted by atomic mass is 19.4. The van der Waals surface area contributed by atoms with Gasteiger partial charge in [0.25, 0.3) is 0 Å². The lowest BCUT2D eigenvalue weighted by Gasteiger charge is -2.29. The minimum Gasteiger partial charge on any atom is -0.497 e. The summed E-state index contributed by atoms with van der Waals surface area (Å²) in [6, 6.07) is 21.0. The number of aromatic amines is 1. The first-order valence-corrected chi connectivity index (χ1v) is 13.5. The molecule has 1 amide bonds. The van der Waals surface area contributed by atoms with E-state index in [1.54, 1.807) is 7.11 Å². The first-order chi connectivity index (χ1) is 20.1. The van der Waals surface area contributed by atoms with Gasteiger partial charge < -0.3 is 25.4 Å². The van der Waals surface area contributed by atoms with Gasteiger partial charge in [0.05, 0.1) is 23.7 Å². The van der Waals surface area contributed by atoms with Gasteiger partial charge in [0.1, 0.15) is 5.75 Å². The molecule has 4 N–H and O–H groups in total. The summed E-state index contributed by atoms with van der Waals surface area (Å²) in [5.41, 5.74) is 6.90. The molecule has 3 heterocycles. The second kappa shape index (κ2) is 10.4. The quantitative estimate of drug-likeness (QED) is 0.278. The van der Waals surface area contributed by atoms with Crippen molar-refractivity contribution < 1.29 is 32.6 Å². The molecule has 0 bridgehead atoms. The number of amides is 1. The highest BCUT2D eigenvalue weighted by Crippen LogP contribution is 2.65. The van der Waals surface area contributed by atoms with Gasteiger partial charge >= 0.3 is 12.1 Å². The number of piperazine rings is 1. The maximum Gasteiger partial charge on any atom is 0.490 e. The van der Waals surface area contributed by atoms with Crippen LogP contribution in [0.2, 0.25) is 0 Å². The lowest BCUT2D eigenvalue weighted by atomic mass is 9.91. The van der Waals surface area contributed by atoms with E-state index in [-0.39, 0.29) is 11.8 Å². The Kier molecular flexibility index (Phi) is 6.80. The zero-order valence-electron chi connectivity index (χ0n) is 22.6. The summed E-state index contributed by atoms with van der Waals surface area (Å²) in [6.45, 7) is 4.12. The van der Waals surface area contributed by atoms with E-state index in [0.29, 0.717) is 0 Å². The number of carboxylic acids is 1. The highest BCUT2D eigenvalue weighted by Gasteiger charge is 2.65. The van der Waals surface area contributed by atoms with Gasteiger partial charge in [-0.05, 0) is 53.9 Å². The van der Waals surface area contributed by atoms with Gasteiger partial charge in [-0.1, -0.05) is 24.3 Å². The van der Waals surface area contributed by atoms with Gasteiger partial charge in [0.2, 0.25) is 5.91 Å². The first-order valence-electron chi connectivity index (χ1n) is 13.5. The van der Waals surface area contributed by atoms with Gasteiger partial charge in [-0.15, -0.1) is 0 Å². The van der Waals surface area contributed by atoms with Gasteiger partial charge in [-0.3, -0.25) is 9.89 Å². The average Bonchev–Trinajstić information content (AvgIpc) is 3.52. The summed E-state index contributed by atoms with van der Waals surface area (Å²) >= 11 is 0. The molecule has 0 radical (unpaired) electrons. The number of halogens is 3. The molecule has 1 aliphatic carbocycles. The minimum atomic E-state index is -5.08. The van der Waals surface area contributed by atoms with Crippen molar-refractivity contribution in [3.63, 3.8) is 0 Å². The Hall–Kier alpha value is -4.58. The number of aliphatic carboxylic acids is 1. The summed E-state index contributed by atoms with van der Waals surface area (Å²) in [5, 5.41) is 22.6. The fourth-order valence-corrected chi connectivity index (χ4v) is 5.93. The molecular formula is C30H28F3N5O4. The predicted molar refractivity (Wildman–Crippen MR) is 151 cm³/mol. The van der Waals surface area contributed by atoms with E-state index in [4.69, 9.17) is 14.6 Å². The van der Waals surface area contributed by atoms with Crippen LogP contribution in [0, 0.1) is 0 Å². The van der Waals surface area contributed by atoms with Crippen LogP contribution in [0.25, 0.3) is 22.2 Å². The monoisotopic (exact) mass is 579 g/mol. The number of carboxylic acid groups (broad SMARTS) is 1. The Morgan fingerprint density at radius 2 is 1.79 bits per heavy atom. The van der Waals surface area contributed by atoms with E-state index in [1.807, 2.05) is 18.2 Å². The average molecular weight is 580 g/mol. The number of nitrogens with zero attached hydrogens (tertiary/aromatic N) is 2. The molecule has 12 heteroatoms. The lowest BCUT2D eigenvalue weighted by Crippen LogP contribution is -2.43. The molecule has 7 rings (SSSR count). The molecule has 1 saturated carbocycles. The number of ether oxygens (including phenoxy) is 1. The topological polar surface area (TPSA) is 120 Å². The molecule has 2 unspecified atom stereocenters. The Balaban J connectivity index is 0.000000405. The lowest BCUT2D eigenvalue weighted by molar-refractivity contribution is -0.192. The largest absolute Gasteiger partial charge is 0.497 e. The van der Waals surface area contributed by atoms with Crippen molar-refractivity contribution in [1.82, 2.24) is 15.5 Å². The molecule has 2 fully saturated rings. The number of H-pyrrole nitrogens is 1. The smallest absolute Gasteiger partial charge is 0.490 e. The van der Waals surface area contributed by atoms with E-state index in [9.17, 15) is 18.0 Å².